The lowest BCUT2D eigenvalue weighted by atomic mass is 10.1. The van der Waals surface area contributed by atoms with Gasteiger partial charge in [0.15, 0.2) is 0 Å². The van der Waals surface area contributed by atoms with Gasteiger partial charge in [0.05, 0.1) is 0 Å². The molecule has 0 aliphatic rings. The minimum absolute atomic E-state index is 0.142. The monoisotopic (exact) mass is 412 g/mol. The summed E-state index contributed by atoms with van der Waals surface area (Å²) in [5.74, 6) is -0.189. The van der Waals surface area contributed by atoms with Crippen LogP contribution in [-0.2, 0) is 0 Å². The molecule has 0 aliphatic heterocycles. The molecule has 2 heterocycles. The number of benzene rings is 2. The van der Waals surface area contributed by atoms with Crippen LogP contribution >= 0.6 is 15.9 Å². The summed E-state index contributed by atoms with van der Waals surface area (Å²) in [5.41, 5.74) is 2.03. The van der Waals surface area contributed by atoms with Gasteiger partial charge < -0.3 is 13.6 Å². The number of aryl methyl sites for hydroxylation is 2. The van der Waals surface area contributed by atoms with Crippen molar-refractivity contribution in [1.82, 2.24) is 0 Å². The summed E-state index contributed by atoms with van der Waals surface area (Å²) in [5, 5.41) is 1.63. The van der Waals surface area contributed by atoms with Crippen molar-refractivity contribution in [3.05, 3.63) is 74.2 Å². The first kappa shape index (κ1) is 16.6. The van der Waals surface area contributed by atoms with Crippen LogP contribution in [0.4, 0.5) is 0 Å². The summed E-state index contributed by atoms with van der Waals surface area (Å²) < 4.78 is 17.1. The van der Waals surface area contributed by atoms with Crippen molar-refractivity contribution in [1.29, 1.82) is 0 Å². The Morgan fingerprint density at radius 1 is 0.962 bits per heavy atom. The van der Waals surface area contributed by atoms with Gasteiger partial charge in [-0.25, -0.2) is 9.59 Å². The molecule has 0 atom stereocenters. The zero-order valence-electron chi connectivity index (χ0n) is 14.0. The van der Waals surface area contributed by atoms with Crippen LogP contribution in [0.1, 0.15) is 21.7 Å². The van der Waals surface area contributed by atoms with Crippen LogP contribution in [0.3, 0.4) is 0 Å². The Morgan fingerprint density at radius 2 is 1.77 bits per heavy atom. The number of hydrogen-bond donors (Lipinski definition) is 0. The largest absolute Gasteiger partial charge is 0.449 e. The van der Waals surface area contributed by atoms with Gasteiger partial charge in [0.25, 0.3) is 0 Å². The van der Waals surface area contributed by atoms with Gasteiger partial charge in [-0.3, -0.25) is 0 Å². The summed E-state index contributed by atoms with van der Waals surface area (Å²) in [6.07, 6.45) is 0. The van der Waals surface area contributed by atoms with Crippen LogP contribution in [0.15, 0.2) is 60.6 Å². The van der Waals surface area contributed by atoms with E-state index in [4.69, 9.17) is 13.6 Å². The van der Waals surface area contributed by atoms with Crippen LogP contribution in [-0.4, -0.2) is 5.97 Å². The van der Waals surface area contributed by atoms with E-state index in [0.29, 0.717) is 16.7 Å². The lowest BCUT2D eigenvalue weighted by Gasteiger charge is -2.05. The molecule has 0 unspecified atom stereocenters. The van der Waals surface area contributed by atoms with Crippen molar-refractivity contribution in [2.45, 2.75) is 13.8 Å². The van der Waals surface area contributed by atoms with Crippen LogP contribution < -0.4 is 10.4 Å². The highest BCUT2D eigenvalue weighted by Gasteiger charge is 2.20. The molecule has 0 aliphatic carbocycles. The van der Waals surface area contributed by atoms with E-state index in [-0.39, 0.29) is 11.5 Å². The minimum Gasteiger partial charge on any atom is -0.449 e. The Morgan fingerprint density at radius 3 is 2.58 bits per heavy atom. The second kappa shape index (κ2) is 6.14. The second-order valence-corrected chi connectivity index (χ2v) is 6.91. The molecule has 0 amide bonds. The number of carbonyl (C=O) groups is 1. The molecule has 0 bridgehead atoms. The molecule has 0 spiro atoms. The maximum absolute atomic E-state index is 12.5. The van der Waals surface area contributed by atoms with Crippen LogP contribution in [0.2, 0.25) is 0 Å². The molecule has 0 radical (unpaired) electrons. The predicted molar refractivity (Wildman–Crippen MR) is 101 cm³/mol. The summed E-state index contributed by atoms with van der Waals surface area (Å²) in [7, 11) is 0. The molecule has 6 heteroatoms. The fourth-order valence-electron chi connectivity index (χ4n) is 2.91. The normalized spacial score (nSPS) is 11.2. The Hall–Kier alpha value is -2.86. The number of hydrogen-bond acceptors (Lipinski definition) is 5. The van der Waals surface area contributed by atoms with Gasteiger partial charge in [0.1, 0.15) is 16.9 Å². The van der Waals surface area contributed by atoms with Crippen LogP contribution in [0.25, 0.3) is 21.9 Å². The first-order valence-corrected chi connectivity index (χ1v) is 8.67. The van der Waals surface area contributed by atoms with Crippen molar-refractivity contribution in [3.63, 3.8) is 0 Å². The predicted octanol–water partition coefficient (Wildman–Crippen LogP) is 5.14. The number of furan rings is 1. The van der Waals surface area contributed by atoms with E-state index in [1.807, 2.05) is 19.1 Å². The standard InChI is InChI=1S/C20H13BrO5/c1-10-7-18(22)25-17-9-13(4-5-14(10)17)24-20(23)19-11(2)15-8-12(21)3-6-16(15)26-19/h3-9H,1-2H3. The first-order chi connectivity index (χ1) is 12.4. The molecule has 4 rings (SSSR count). The third-order valence-corrected chi connectivity index (χ3v) is 4.71. The molecule has 0 saturated carbocycles. The number of ether oxygens (including phenoxy) is 1. The average Bonchev–Trinajstić information content (AvgIpc) is 2.91. The highest BCUT2D eigenvalue weighted by molar-refractivity contribution is 9.10. The van der Waals surface area contributed by atoms with Gasteiger partial charge in [-0.2, -0.15) is 0 Å². The van der Waals surface area contributed by atoms with Gasteiger partial charge in [-0.05, 0) is 49.7 Å². The van der Waals surface area contributed by atoms with Crippen molar-refractivity contribution in [2.75, 3.05) is 0 Å². The molecule has 2 aromatic carbocycles. The Bertz CT molecular complexity index is 1230. The molecule has 0 saturated heterocycles. The van der Waals surface area contributed by atoms with Crippen LogP contribution in [0, 0.1) is 13.8 Å². The van der Waals surface area contributed by atoms with Gasteiger partial charge >= 0.3 is 11.6 Å². The highest BCUT2D eigenvalue weighted by atomic mass is 79.9. The topological polar surface area (TPSA) is 69.7 Å². The zero-order valence-corrected chi connectivity index (χ0v) is 15.5. The highest BCUT2D eigenvalue weighted by Crippen LogP contribution is 2.29. The van der Waals surface area contributed by atoms with Crippen molar-refractivity contribution < 1.29 is 18.4 Å². The molecule has 2 aromatic heterocycles. The summed E-state index contributed by atoms with van der Waals surface area (Å²) in [4.78, 5) is 24.1. The SMILES string of the molecule is Cc1cc(=O)oc2cc(OC(=O)c3oc4ccc(Br)cc4c3C)ccc12. The summed E-state index contributed by atoms with van der Waals surface area (Å²) in [6.45, 7) is 3.62. The molecule has 130 valence electrons. The number of esters is 1. The quantitative estimate of drug-likeness (QED) is 0.259. The lowest BCUT2D eigenvalue weighted by molar-refractivity contribution is 0.0703. The number of carbonyl (C=O) groups excluding carboxylic acids is 1. The van der Waals surface area contributed by atoms with E-state index >= 15 is 0 Å². The smallest absolute Gasteiger partial charge is 0.379 e. The van der Waals surface area contributed by atoms with Gasteiger partial charge in [-0.15, -0.1) is 0 Å². The molecular formula is C20H13BrO5. The Balaban J connectivity index is 1.71. The van der Waals surface area contributed by atoms with Gasteiger partial charge in [-0.1, -0.05) is 15.9 Å². The fraction of sp³-hybridized carbons (Fsp3) is 0.100. The molecule has 0 N–H and O–H groups in total. The van der Waals surface area contributed by atoms with Gasteiger partial charge in [0, 0.05) is 32.9 Å². The molecular weight excluding hydrogens is 400 g/mol. The van der Waals surface area contributed by atoms with E-state index in [2.05, 4.69) is 15.9 Å². The van der Waals surface area contributed by atoms with Crippen molar-refractivity contribution >= 4 is 43.8 Å². The van der Waals surface area contributed by atoms with E-state index < -0.39 is 11.6 Å². The fourth-order valence-corrected chi connectivity index (χ4v) is 3.27. The lowest BCUT2D eigenvalue weighted by Crippen LogP contribution is -2.08. The minimum atomic E-state index is -0.607. The zero-order chi connectivity index (χ0) is 18.4. The van der Waals surface area contributed by atoms with Gasteiger partial charge in [0.2, 0.25) is 5.76 Å². The van der Waals surface area contributed by atoms with E-state index in [0.717, 1.165) is 20.8 Å². The Labute approximate surface area is 156 Å². The molecule has 26 heavy (non-hydrogen) atoms. The van der Waals surface area contributed by atoms with E-state index in [9.17, 15) is 9.59 Å². The van der Waals surface area contributed by atoms with E-state index in [1.165, 1.54) is 12.1 Å². The molecule has 4 aromatic rings. The third-order valence-electron chi connectivity index (χ3n) is 4.22. The number of rotatable bonds is 2. The maximum atomic E-state index is 12.5. The second-order valence-electron chi connectivity index (χ2n) is 5.99. The number of halogens is 1. The molecule has 0 fully saturated rings. The maximum Gasteiger partial charge on any atom is 0.379 e. The van der Waals surface area contributed by atoms with Crippen molar-refractivity contribution in [2.24, 2.45) is 0 Å². The van der Waals surface area contributed by atoms with E-state index in [1.54, 1.807) is 25.1 Å². The third kappa shape index (κ3) is 2.82. The summed E-state index contributed by atoms with van der Waals surface area (Å²) in [6, 6.07) is 11.9. The van der Waals surface area contributed by atoms with Crippen LogP contribution in [0.5, 0.6) is 5.75 Å². The van der Waals surface area contributed by atoms with Crippen molar-refractivity contribution in [3.8, 4) is 5.75 Å². The number of fused-ring (bicyclic) bond motifs is 2. The average molecular weight is 413 g/mol. The Kier molecular flexibility index (Phi) is 3.92. The molecule has 5 nitrogen and oxygen atoms in total. The first-order valence-electron chi connectivity index (χ1n) is 7.88. The summed E-state index contributed by atoms with van der Waals surface area (Å²) >= 11 is 3.41.